The van der Waals surface area contributed by atoms with Crippen LogP contribution in [0.1, 0.15) is 34.1 Å². The smallest absolute Gasteiger partial charge is 0.422 e. The third-order valence-electron chi connectivity index (χ3n) is 2.59. The third kappa shape index (κ3) is 4.81. The number of hydrogen-bond acceptors (Lipinski definition) is 4. The first-order chi connectivity index (χ1) is 7.38. The summed E-state index contributed by atoms with van der Waals surface area (Å²) >= 11 is 0. The van der Waals surface area contributed by atoms with E-state index in [1.807, 2.05) is 20.8 Å². The van der Waals surface area contributed by atoms with Gasteiger partial charge in [-0.3, -0.25) is 5.43 Å². The van der Waals surface area contributed by atoms with Crippen LogP contribution in [0.25, 0.3) is 0 Å². The minimum Gasteiger partial charge on any atom is -0.443 e. The van der Waals surface area contributed by atoms with Crippen LogP contribution in [0, 0.1) is 5.92 Å². The van der Waals surface area contributed by atoms with Crippen molar-refractivity contribution in [2.75, 3.05) is 13.1 Å². The van der Waals surface area contributed by atoms with Gasteiger partial charge in [0.05, 0.1) is 0 Å². The number of nitrogens with one attached hydrogen (secondary N) is 3. The summed E-state index contributed by atoms with van der Waals surface area (Å²) in [5.74, 6) is 0.552. The number of rotatable bonds is 2. The average Bonchev–Trinajstić information content (AvgIpc) is 2.14. The van der Waals surface area contributed by atoms with Gasteiger partial charge >= 0.3 is 6.09 Å². The number of hydrazine groups is 1. The number of carbonyl (C=O) groups excluding carboxylic acids is 1. The molecule has 94 valence electrons. The van der Waals surface area contributed by atoms with E-state index >= 15 is 0 Å². The van der Waals surface area contributed by atoms with E-state index in [1.54, 1.807) is 0 Å². The molecular weight excluding hydrogens is 206 g/mol. The first kappa shape index (κ1) is 13.3. The van der Waals surface area contributed by atoms with Crippen LogP contribution < -0.4 is 16.2 Å². The van der Waals surface area contributed by atoms with Gasteiger partial charge in [-0.05, 0) is 39.7 Å². The van der Waals surface area contributed by atoms with E-state index in [1.165, 1.54) is 0 Å². The first-order valence-electron chi connectivity index (χ1n) is 5.84. The van der Waals surface area contributed by atoms with E-state index in [2.05, 4.69) is 23.1 Å². The molecule has 0 aromatic rings. The molecule has 5 nitrogen and oxygen atoms in total. The van der Waals surface area contributed by atoms with Gasteiger partial charge in [-0.2, -0.15) is 0 Å². The Hall–Kier alpha value is -0.810. The molecule has 0 radical (unpaired) electrons. The zero-order valence-corrected chi connectivity index (χ0v) is 10.6. The van der Waals surface area contributed by atoms with Gasteiger partial charge in [-0.1, -0.05) is 6.92 Å². The molecule has 1 amide bonds. The van der Waals surface area contributed by atoms with Crippen molar-refractivity contribution in [3.8, 4) is 0 Å². The highest BCUT2D eigenvalue weighted by atomic mass is 16.6. The fourth-order valence-electron chi connectivity index (χ4n) is 1.64. The molecule has 0 spiro atoms. The molecule has 0 saturated carbocycles. The average molecular weight is 229 g/mol. The highest BCUT2D eigenvalue weighted by molar-refractivity contribution is 5.67. The summed E-state index contributed by atoms with van der Waals surface area (Å²) in [4.78, 5) is 11.4. The lowest BCUT2D eigenvalue weighted by Gasteiger charge is -2.30. The van der Waals surface area contributed by atoms with Crippen molar-refractivity contribution >= 4 is 6.09 Å². The fraction of sp³-hybridized carbons (Fsp3) is 0.909. The summed E-state index contributed by atoms with van der Waals surface area (Å²) in [6.07, 6.45) is 0.693. The van der Waals surface area contributed by atoms with Gasteiger partial charge in [0.15, 0.2) is 0 Å². The van der Waals surface area contributed by atoms with E-state index in [-0.39, 0.29) is 6.04 Å². The fourth-order valence-corrected chi connectivity index (χ4v) is 1.64. The lowest BCUT2D eigenvalue weighted by atomic mass is 9.95. The summed E-state index contributed by atoms with van der Waals surface area (Å²) in [7, 11) is 0. The van der Waals surface area contributed by atoms with Crippen LogP contribution in [-0.2, 0) is 4.74 Å². The number of piperidine rings is 1. The lowest BCUT2D eigenvalue weighted by Crippen LogP contribution is -2.55. The predicted molar refractivity (Wildman–Crippen MR) is 62.9 cm³/mol. The zero-order valence-electron chi connectivity index (χ0n) is 10.6. The van der Waals surface area contributed by atoms with E-state index in [4.69, 9.17) is 4.74 Å². The van der Waals surface area contributed by atoms with Gasteiger partial charge < -0.3 is 10.1 Å². The number of carbonyl (C=O) groups is 1. The molecule has 0 unspecified atom stereocenters. The second kappa shape index (κ2) is 5.50. The molecule has 0 bridgehead atoms. The molecule has 3 N–H and O–H groups in total. The highest BCUT2D eigenvalue weighted by Crippen LogP contribution is 2.10. The molecule has 1 aliphatic heterocycles. The summed E-state index contributed by atoms with van der Waals surface area (Å²) in [6, 6.07) is 0.265. The van der Waals surface area contributed by atoms with Crippen molar-refractivity contribution in [3.63, 3.8) is 0 Å². The molecule has 1 rings (SSSR count). The van der Waals surface area contributed by atoms with Crippen LogP contribution in [0.5, 0.6) is 0 Å². The van der Waals surface area contributed by atoms with E-state index < -0.39 is 11.7 Å². The minimum atomic E-state index is -0.456. The lowest BCUT2D eigenvalue weighted by molar-refractivity contribution is 0.0476. The molecule has 5 heteroatoms. The van der Waals surface area contributed by atoms with Gasteiger partial charge in [-0.25, -0.2) is 10.2 Å². The molecule has 16 heavy (non-hydrogen) atoms. The summed E-state index contributed by atoms with van der Waals surface area (Å²) in [5, 5.41) is 3.28. The summed E-state index contributed by atoms with van der Waals surface area (Å²) in [6.45, 7) is 9.63. The van der Waals surface area contributed by atoms with Gasteiger partial charge in [0, 0.05) is 12.6 Å². The molecular formula is C11H23N3O2. The standard InChI is InChI=1S/C11H23N3O2/c1-8-5-6-12-7-9(8)13-14-10(15)16-11(2,3)4/h8-9,12-13H,5-7H2,1-4H3,(H,14,15)/t8-,9-/m1/s1. The first-order valence-corrected chi connectivity index (χ1v) is 5.84. The Morgan fingerprint density at radius 3 is 2.69 bits per heavy atom. The van der Waals surface area contributed by atoms with Crippen molar-refractivity contribution in [1.29, 1.82) is 0 Å². The maximum absolute atomic E-state index is 11.4. The third-order valence-corrected chi connectivity index (χ3v) is 2.59. The Kier molecular flexibility index (Phi) is 4.56. The maximum Gasteiger partial charge on any atom is 0.422 e. The molecule has 1 saturated heterocycles. The zero-order chi connectivity index (χ0) is 12.2. The van der Waals surface area contributed by atoms with Crippen LogP contribution in [0.4, 0.5) is 4.79 Å². The van der Waals surface area contributed by atoms with Crippen molar-refractivity contribution in [2.45, 2.75) is 45.8 Å². The Bertz CT molecular complexity index is 238. The summed E-state index contributed by atoms with van der Waals surface area (Å²) < 4.78 is 5.13. The highest BCUT2D eigenvalue weighted by Gasteiger charge is 2.22. The molecule has 1 heterocycles. The monoisotopic (exact) mass is 229 g/mol. The van der Waals surface area contributed by atoms with Crippen molar-refractivity contribution in [3.05, 3.63) is 0 Å². The van der Waals surface area contributed by atoms with Crippen LogP contribution in [-0.4, -0.2) is 30.8 Å². The van der Waals surface area contributed by atoms with Gasteiger partial charge in [-0.15, -0.1) is 0 Å². The molecule has 0 aliphatic carbocycles. The minimum absolute atomic E-state index is 0.265. The number of amides is 1. The normalized spacial score (nSPS) is 26.2. The van der Waals surface area contributed by atoms with Crippen molar-refractivity contribution in [1.82, 2.24) is 16.2 Å². The van der Waals surface area contributed by atoms with Gasteiger partial charge in [0.1, 0.15) is 5.60 Å². The van der Waals surface area contributed by atoms with Crippen molar-refractivity contribution < 1.29 is 9.53 Å². The number of ether oxygens (including phenoxy) is 1. The quantitative estimate of drug-likeness (QED) is 0.619. The predicted octanol–water partition coefficient (Wildman–Crippen LogP) is 1.01. The molecule has 0 aromatic carbocycles. The topological polar surface area (TPSA) is 62.4 Å². The van der Waals surface area contributed by atoms with Crippen LogP contribution in [0.3, 0.4) is 0 Å². The Labute approximate surface area is 97.3 Å². The van der Waals surface area contributed by atoms with Crippen LogP contribution in [0.15, 0.2) is 0 Å². The summed E-state index contributed by atoms with van der Waals surface area (Å²) in [5.41, 5.74) is 5.14. The molecule has 1 aliphatic rings. The van der Waals surface area contributed by atoms with Gasteiger partial charge in [0.25, 0.3) is 0 Å². The van der Waals surface area contributed by atoms with Crippen LogP contribution in [0.2, 0.25) is 0 Å². The van der Waals surface area contributed by atoms with E-state index in [0.29, 0.717) is 5.92 Å². The molecule has 0 aromatic heterocycles. The SMILES string of the molecule is C[C@@H]1CCNC[C@H]1NNC(=O)OC(C)(C)C. The van der Waals surface area contributed by atoms with E-state index in [0.717, 1.165) is 19.5 Å². The molecule has 1 fully saturated rings. The van der Waals surface area contributed by atoms with Crippen molar-refractivity contribution in [2.24, 2.45) is 5.92 Å². The second-order valence-electron chi connectivity index (χ2n) is 5.35. The Morgan fingerprint density at radius 1 is 1.44 bits per heavy atom. The number of hydrogen-bond donors (Lipinski definition) is 3. The largest absolute Gasteiger partial charge is 0.443 e. The molecule has 2 atom stereocenters. The Balaban J connectivity index is 2.25. The van der Waals surface area contributed by atoms with E-state index in [9.17, 15) is 4.79 Å². The maximum atomic E-state index is 11.4. The second-order valence-corrected chi connectivity index (χ2v) is 5.35. The van der Waals surface area contributed by atoms with Crippen LogP contribution >= 0.6 is 0 Å². The van der Waals surface area contributed by atoms with Gasteiger partial charge in [0.2, 0.25) is 0 Å². The Morgan fingerprint density at radius 2 is 2.12 bits per heavy atom.